The van der Waals surface area contributed by atoms with E-state index >= 15 is 0 Å². The number of hydrogen-bond acceptors (Lipinski definition) is 3. The lowest BCUT2D eigenvalue weighted by Crippen LogP contribution is -2.28. The van der Waals surface area contributed by atoms with Crippen molar-refractivity contribution >= 4 is 38.9 Å². The third-order valence-corrected chi connectivity index (χ3v) is 5.65. The van der Waals surface area contributed by atoms with Crippen LogP contribution in [0, 0.1) is 0 Å². The van der Waals surface area contributed by atoms with Gasteiger partial charge in [0.15, 0.2) is 0 Å². The maximum Gasteiger partial charge on any atom is 0.136 e. The minimum Gasteiger partial charge on any atom is -0.484 e. The van der Waals surface area contributed by atoms with Gasteiger partial charge in [-0.1, -0.05) is 18.5 Å². The monoisotopic (exact) mass is 371 g/mol. The third-order valence-electron chi connectivity index (χ3n) is 3.45. The molecule has 2 aromatic rings. The first-order valence-corrected chi connectivity index (χ1v) is 8.66. The molecule has 0 spiro atoms. The van der Waals surface area contributed by atoms with Crippen LogP contribution in [-0.4, -0.2) is 6.54 Å². The van der Waals surface area contributed by atoms with Crippen LogP contribution in [0.4, 0.5) is 0 Å². The first-order chi connectivity index (χ1) is 9.69. The first kappa shape index (κ1) is 14.4. The highest BCUT2D eigenvalue weighted by atomic mass is 79.9. The quantitative estimate of drug-likeness (QED) is 0.785. The summed E-state index contributed by atoms with van der Waals surface area (Å²) in [4.78, 5) is 1.24. The molecular formula is C15H15BrClNOS. The van der Waals surface area contributed by atoms with Crippen molar-refractivity contribution in [2.75, 3.05) is 6.54 Å². The van der Waals surface area contributed by atoms with E-state index in [-0.39, 0.29) is 12.1 Å². The Morgan fingerprint density at radius 3 is 3.00 bits per heavy atom. The number of nitrogens with one attached hydrogen (secondary N) is 1. The second-order valence-corrected chi connectivity index (χ2v) is 7.01. The summed E-state index contributed by atoms with van der Waals surface area (Å²) < 4.78 is 7.30. The van der Waals surface area contributed by atoms with Crippen molar-refractivity contribution in [3.63, 3.8) is 0 Å². The van der Waals surface area contributed by atoms with Gasteiger partial charge in [0.1, 0.15) is 11.9 Å². The summed E-state index contributed by atoms with van der Waals surface area (Å²) in [6, 6.07) is 8.21. The van der Waals surface area contributed by atoms with Crippen LogP contribution < -0.4 is 10.1 Å². The molecule has 1 aliphatic rings. The van der Waals surface area contributed by atoms with Gasteiger partial charge < -0.3 is 10.1 Å². The SMILES string of the molecule is CCNC1CC(c2sccc2Br)Oc2ccc(Cl)cc21. The van der Waals surface area contributed by atoms with Crippen LogP contribution in [0.1, 0.15) is 35.9 Å². The standard InChI is InChI=1S/C15H15BrClNOS/c1-2-18-12-8-14(15-11(16)5-6-20-15)19-13-4-3-9(17)7-10(12)13/h3-7,12,14,18H,2,8H2,1H3. The van der Waals surface area contributed by atoms with E-state index in [4.69, 9.17) is 16.3 Å². The van der Waals surface area contributed by atoms with Crippen LogP contribution in [0.5, 0.6) is 5.75 Å². The van der Waals surface area contributed by atoms with Gasteiger partial charge in [0.2, 0.25) is 0 Å². The molecule has 5 heteroatoms. The van der Waals surface area contributed by atoms with Crippen LogP contribution in [0.15, 0.2) is 34.1 Å². The van der Waals surface area contributed by atoms with Crippen molar-refractivity contribution in [3.05, 3.63) is 49.6 Å². The largest absolute Gasteiger partial charge is 0.484 e. The van der Waals surface area contributed by atoms with E-state index in [2.05, 4.69) is 39.6 Å². The molecule has 2 nitrogen and oxygen atoms in total. The van der Waals surface area contributed by atoms with Crippen LogP contribution >= 0.6 is 38.9 Å². The molecule has 2 heterocycles. The van der Waals surface area contributed by atoms with Crippen molar-refractivity contribution in [3.8, 4) is 5.75 Å². The minimum atomic E-state index is 0.0853. The number of rotatable bonds is 3. The second-order valence-electron chi connectivity index (χ2n) is 4.77. The normalized spacial score (nSPS) is 21.4. The Balaban J connectivity index is 1.96. The molecule has 3 rings (SSSR count). The molecule has 0 aliphatic carbocycles. The van der Waals surface area contributed by atoms with Gasteiger partial charge in [-0.05, 0) is 52.1 Å². The molecule has 1 N–H and O–H groups in total. The van der Waals surface area contributed by atoms with Crippen molar-refractivity contribution in [1.29, 1.82) is 0 Å². The van der Waals surface area contributed by atoms with Crippen molar-refractivity contribution in [2.45, 2.75) is 25.5 Å². The minimum absolute atomic E-state index is 0.0853. The zero-order valence-corrected chi connectivity index (χ0v) is 14.2. The summed E-state index contributed by atoms with van der Waals surface area (Å²) in [6.07, 6.45) is 1.00. The lowest BCUT2D eigenvalue weighted by atomic mass is 9.95. The third kappa shape index (κ3) is 2.75. The zero-order valence-electron chi connectivity index (χ0n) is 11.0. The molecule has 1 aromatic heterocycles. The topological polar surface area (TPSA) is 21.3 Å². The second kappa shape index (κ2) is 6.06. The summed E-state index contributed by atoms with van der Waals surface area (Å²) in [5.74, 6) is 0.928. The highest BCUT2D eigenvalue weighted by molar-refractivity contribution is 9.10. The smallest absolute Gasteiger partial charge is 0.136 e. The number of halogens is 2. The molecule has 1 aromatic carbocycles. The molecule has 2 unspecified atom stereocenters. The fraction of sp³-hybridized carbons (Fsp3) is 0.333. The Hall–Kier alpha value is -0.550. The average Bonchev–Trinajstić information content (AvgIpc) is 2.85. The van der Waals surface area contributed by atoms with E-state index in [9.17, 15) is 0 Å². The summed E-state index contributed by atoms with van der Waals surface area (Å²) in [5.41, 5.74) is 1.16. The number of benzene rings is 1. The van der Waals surface area contributed by atoms with Gasteiger partial charge in [0, 0.05) is 27.5 Å². The van der Waals surface area contributed by atoms with Crippen LogP contribution in [0.2, 0.25) is 5.02 Å². The summed E-state index contributed by atoms with van der Waals surface area (Å²) in [7, 11) is 0. The van der Waals surface area contributed by atoms with Gasteiger partial charge in [-0.2, -0.15) is 0 Å². The van der Waals surface area contributed by atoms with Gasteiger partial charge in [-0.15, -0.1) is 11.3 Å². The van der Waals surface area contributed by atoms with Crippen molar-refractivity contribution in [2.24, 2.45) is 0 Å². The van der Waals surface area contributed by atoms with Crippen molar-refractivity contribution in [1.82, 2.24) is 5.32 Å². The van der Waals surface area contributed by atoms with Crippen LogP contribution in [-0.2, 0) is 0 Å². The molecule has 0 fully saturated rings. The Bertz CT molecular complexity index is 616. The molecule has 0 bridgehead atoms. The number of thiophene rings is 1. The molecule has 0 saturated carbocycles. The fourth-order valence-electron chi connectivity index (χ4n) is 2.58. The average molecular weight is 373 g/mol. The van der Waals surface area contributed by atoms with E-state index in [1.54, 1.807) is 11.3 Å². The fourth-order valence-corrected chi connectivity index (χ4v) is 4.43. The van der Waals surface area contributed by atoms with Crippen LogP contribution in [0.3, 0.4) is 0 Å². The Morgan fingerprint density at radius 2 is 2.30 bits per heavy atom. The zero-order chi connectivity index (χ0) is 14.1. The highest BCUT2D eigenvalue weighted by Gasteiger charge is 2.30. The molecule has 0 saturated heterocycles. The van der Waals surface area contributed by atoms with Gasteiger partial charge in [0.25, 0.3) is 0 Å². The Labute approximate surface area is 136 Å². The van der Waals surface area contributed by atoms with E-state index in [1.165, 1.54) is 4.88 Å². The number of ether oxygens (including phenoxy) is 1. The molecule has 0 amide bonds. The van der Waals surface area contributed by atoms with E-state index in [0.29, 0.717) is 0 Å². The Morgan fingerprint density at radius 1 is 1.45 bits per heavy atom. The van der Waals surface area contributed by atoms with Crippen LogP contribution in [0.25, 0.3) is 0 Å². The lowest BCUT2D eigenvalue weighted by Gasteiger charge is -2.32. The predicted molar refractivity (Wildman–Crippen MR) is 87.9 cm³/mol. The molecule has 2 atom stereocenters. The number of hydrogen-bond donors (Lipinski definition) is 1. The van der Waals surface area contributed by atoms with Gasteiger partial charge >= 0.3 is 0 Å². The van der Waals surface area contributed by atoms with Gasteiger partial charge in [-0.3, -0.25) is 0 Å². The highest BCUT2D eigenvalue weighted by Crippen LogP contribution is 2.44. The van der Waals surface area contributed by atoms with Crippen molar-refractivity contribution < 1.29 is 4.74 Å². The van der Waals surface area contributed by atoms with Gasteiger partial charge in [0.05, 0.1) is 4.88 Å². The number of fused-ring (bicyclic) bond motifs is 1. The summed E-state index contributed by atoms with van der Waals surface area (Å²) >= 11 is 11.4. The maximum atomic E-state index is 6.17. The molecule has 1 aliphatic heterocycles. The molecule has 20 heavy (non-hydrogen) atoms. The molecule has 0 radical (unpaired) electrons. The van der Waals surface area contributed by atoms with E-state index in [0.717, 1.165) is 33.8 Å². The Kier molecular flexibility index (Phi) is 4.36. The van der Waals surface area contributed by atoms with E-state index < -0.39 is 0 Å². The maximum absolute atomic E-state index is 6.17. The van der Waals surface area contributed by atoms with E-state index in [1.807, 2.05) is 18.2 Å². The predicted octanol–water partition coefficient (Wildman–Crippen LogP) is 5.34. The molecular weight excluding hydrogens is 358 g/mol. The molecule has 106 valence electrons. The summed E-state index contributed by atoms with van der Waals surface area (Å²) in [5, 5.41) is 6.37. The first-order valence-electron chi connectivity index (χ1n) is 6.61. The van der Waals surface area contributed by atoms with Gasteiger partial charge in [-0.25, -0.2) is 0 Å². The summed E-state index contributed by atoms with van der Waals surface area (Å²) in [6.45, 7) is 3.05. The lowest BCUT2D eigenvalue weighted by molar-refractivity contribution is 0.155.